The van der Waals surface area contributed by atoms with Crippen LogP contribution in [0.15, 0.2) is 24.5 Å². The summed E-state index contributed by atoms with van der Waals surface area (Å²) in [5.41, 5.74) is 1.92. The first-order valence-electron chi connectivity index (χ1n) is 5.57. The van der Waals surface area contributed by atoms with Gasteiger partial charge in [0.05, 0.1) is 5.41 Å². The summed E-state index contributed by atoms with van der Waals surface area (Å²) in [5.74, 6) is 0.281. The van der Waals surface area contributed by atoms with E-state index in [1.54, 1.807) is 13.1 Å². The van der Waals surface area contributed by atoms with Crippen molar-refractivity contribution in [1.29, 1.82) is 0 Å². The third kappa shape index (κ3) is 1.08. The summed E-state index contributed by atoms with van der Waals surface area (Å²) in [6.07, 6.45) is 5.82. The van der Waals surface area contributed by atoms with Crippen molar-refractivity contribution < 1.29 is 4.79 Å². The van der Waals surface area contributed by atoms with Crippen LogP contribution in [0.25, 0.3) is 11.0 Å². The number of nitrogens with zero attached hydrogens (tertiary/aromatic N) is 2. The number of fused-ring (bicyclic) bond motifs is 1. The van der Waals surface area contributed by atoms with Gasteiger partial charge in [0.1, 0.15) is 11.4 Å². The lowest BCUT2D eigenvalue weighted by Gasteiger charge is -2.09. The standard InChI is InChI=1S/C13H14N2O/c1-9(16)13(5-6-13)11-8-15(2)12-10(11)4-3-7-14-12/h3-4,7-8H,5-6H2,1-2H3. The molecule has 0 saturated heterocycles. The molecular formula is C13H14N2O. The molecule has 0 N–H and O–H groups in total. The lowest BCUT2D eigenvalue weighted by atomic mass is 9.92. The van der Waals surface area contributed by atoms with Gasteiger partial charge in [-0.15, -0.1) is 0 Å². The number of ketones is 1. The van der Waals surface area contributed by atoms with Gasteiger partial charge < -0.3 is 4.57 Å². The predicted molar refractivity (Wildman–Crippen MR) is 62.3 cm³/mol. The molecule has 3 rings (SSSR count). The van der Waals surface area contributed by atoms with Crippen LogP contribution in [0.4, 0.5) is 0 Å². The lowest BCUT2D eigenvalue weighted by Crippen LogP contribution is -2.16. The number of aryl methyl sites for hydroxylation is 1. The zero-order valence-corrected chi connectivity index (χ0v) is 9.53. The van der Waals surface area contributed by atoms with Gasteiger partial charge in [0.25, 0.3) is 0 Å². The monoisotopic (exact) mass is 214 g/mol. The van der Waals surface area contributed by atoms with Gasteiger partial charge in [0.15, 0.2) is 0 Å². The largest absolute Gasteiger partial charge is 0.335 e. The van der Waals surface area contributed by atoms with Crippen molar-refractivity contribution in [3.8, 4) is 0 Å². The molecule has 2 aromatic rings. The first-order chi connectivity index (χ1) is 7.65. The quantitative estimate of drug-likeness (QED) is 0.768. The third-order valence-corrected chi connectivity index (χ3v) is 3.67. The van der Waals surface area contributed by atoms with Crippen LogP contribution in [0.2, 0.25) is 0 Å². The van der Waals surface area contributed by atoms with Gasteiger partial charge in [-0.3, -0.25) is 4.79 Å². The molecule has 82 valence electrons. The normalized spacial score (nSPS) is 17.6. The van der Waals surface area contributed by atoms with E-state index in [-0.39, 0.29) is 11.2 Å². The van der Waals surface area contributed by atoms with Crippen LogP contribution in [-0.4, -0.2) is 15.3 Å². The maximum atomic E-state index is 11.8. The Balaban J connectivity index is 2.29. The van der Waals surface area contributed by atoms with E-state index in [1.165, 1.54) is 0 Å². The van der Waals surface area contributed by atoms with Crippen LogP contribution >= 0.6 is 0 Å². The highest BCUT2D eigenvalue weighted by Gasteiger charge is 2.50. The minimum Gasteiger partial charge on any atom is -0.335 e. The minimum atomic E-state index is -0.206. The molecule has 0 atom stereocenters. The number of carbonyl (C=O) groups excluding carboxylic acids is 1. The highest BCUT2D eigenvalue weighted by atomic mass is 16.1. The van der Waals surface area contributed by atoms with Crippen LogP contribution in [-0.2, 0) is 17.3 Å². The van der Waals surface area contributed by atoms with Crippen molar-refractivity contribution in [2.75, 3.05) is 0 Å². The Kier molecular flexibility index (Phi) is 1.76. The van der Waals surface area contributed by atoms with Gasteiger partial charge in [0.2, 0.25) is 0 Å². The van der Waals surface area contributed by atoms with Crippen LogP contribution in [0, 0.1) is 0 Å². The van der Waals surface area contributed by atoms with Crippen LogP contribution < -0.4 is 0 Å². The number of Topliss-reactive ketones (excluding diaryl/α,β-unsaturated/α-hetero) is 1. The van der Waals surface area contributed by atoms with Crippen LogP contribution in [0.1, 0.15) is 25.3 Å². The maximum absolute atomic E-state index is 11.8. The van der Waals surface area contributed by atoms with Crippen molar-refractivity contribution in [2.24, 2.45) is 7.05 Å². The molecule has 3 heteroatoms. The van der Waals surface area contributed by atoms with E-state index in [1.807, 2.05) is 17.7 Å². The summed E-state index contributed by atoms with van der Waals surface area (Å²) in [7, 11) is 1.98. The van der Waals surface area contributed by atoms with E-state index in [4.69, 9.17) is 0 Å². The Hall–Kier alpha value is -1.64. The minimum absolute atomic E-state index is 0.206. The average Bonchev–Trinajstić information content (AvgIpc) is 3.01. The molecule has 1 aliphatic rings. The average molecular weight is 214 g/mol. The van der Waals surface area contributed by atoms with Crippen LogP contribution in [0.5, 0.6) is 0 Å². The summed E-state index contributed by atoms with van der Waals surface area (Å²) in [5, 5.41) is 1.12. The molecule has 0 amide bonds. The van der Waals surface area contributed by atoms with Crippen molar-refractivity contribution in [3.63, 3.8) is 0 Å². The van der Waals surface area contributed by atoms with E-state index in [2.05, 4.69) is 17.2 Å². The molecule has 0 radical (unpaired) electrons. The molecule has 1 fully saturated rings. The molecule has 1 aliphatic carbocycles. The SMILES string of the molecule is CC(=O)C1(c2cn(C)c3ncccc23)CC1. The zero-order valence-electron chi connectivity index (χ0n) is 9.53. The Morgan fingerprint density at radius 2 is 2.25 bits per heavy atom. The molecule has 0 spiro atoms. The van der Waals surface area contributed by atoms with Crippen molar-refractivity contribution in [1.82, 2.24) is 9.55 Å². The van der Waals surface area contributed by atoms with Gasteiger partial charge in [-0.1, -0.05) is 0 Å². The van der Waals surface area contributed by atoms with E-state index >= 15 is 0 Å². The van der Waals surface area contributed by atoms with Crippen molar-refractivity contribution in [3.05, 3.63) is 30.1 Å². The highest BCUT2D eigenvalue weighted by Crippen LogP contribution is 2.51. The summed E-state index contributed by atoms with van der Waals surface area (Å²) >= 11 is 0. The molecule has 0 aliphatic heterocycles. The zero-order chi connectivity index (χ0) is 11.3. The lowest BCUT2D eigenvalue weighted by molar-refractivity contribution is -0.119. The second kappa shape index (κ2) is 2.94. The molecule has 3 nitrogen and oxygen atoms in total. The number of rotatable bonds is 2. The van der Waals surface area contributed by atoms with E-state index in [9.17, 15) is 4.79 Å². The number of hydrogen-bond donors (Lipinski definition) is 0. The van der Waals surface area contributed by atoms with Crippen molar-refractivity contribution >= 4 is 16.8 Å². The summed E-state index contributed by atoms with van der Waals surface area (Å²) in [4.78, 5) is 16.1. The van der Waals surface area contributed by atoms with Crippen molar-refractivity contribution in [2.45, 2.75) is 25.2 Å². The number of pyridine rings is 1. The topological polar surface area (TPSA) is 34.9 Å². The van der Waals surface area contributed by atoms with Crippen LogP contribution in [0.3, 0.4) is 0 Å². The third-order valence-electron chi connectivity index (χ3n) is 3.67. The molecule has 0 unspecified atom stereocenters. The second-order valence-corrected chi connectivity index (χ2v) is 4.67. The van der Waals surface area contributed by atoms with Gasteiger partial charge in [-0.25, -0.2) is 4.98 Å². The molecule has 0 bridgehead atoms. The molecule has 2 aromatic heterocycles. The van der Waals surface area contributed by atoms with Gasteiger partial charge in [-0.05, 0) is 37.5 Å². The van der Waals surface area contributed by atoms with Gasteiger partial charge in [0, 0.05) is 24.8 Å². The Morgan fingerprint density at radius 1 is 1.50 bits per heavy atom. The first kappa shape index (κ1) is 9.58. The maximum Gasteiger partial charge on any atom is 0.140 e. The first-order valence-corrected chi connectivity index (χ1v) is 5.57. The number of hydrogen-bond acceptors (Lipinski definition) is 2. The fraction of sp³-hybridized carbons (Fsp3) is 0.385. The smallest absolute Gasteiger partial charge is 0.140 e. The summed E-state index contributed by atoms with van der Waals surface area (Å²) in [6, 6.07) is 3.99. The van der Waals surface area contributed by atoms with E-state index in [0.29, 0.717) is 0 Å². The predicted octanol–water partition coefficient (Wildman–Crippen LogP) is 2.19. The fourth-order valence-electron chi connectivity index (χ4n) is 2.53. The van der Waals surface area contributed by atoms with Gasteiger partial charge in [-0.2, -0.15) is 0 Å². The van der Waals surface area contributed by atoms with Gasteiger partial charge >= 0.3 is 0 Å². The number of aromatic nitrogens is 2. The molecular weight excluding hydrogens is 200 g/mol. The Labute approximate surface area is 94.1 Å². The number of carbonyl (C=O) groups is 1. The Bertz CT molecular complexity index is 579. The van der Waals surface area contributed by atoms with E-state index in [0.717, 1.165) is 29.4 Å². The molecule has 16 heavy (non-hydrogen) atoms. The highest BCUT2D eigenvalue weighted by molar-refractivity contribution is 5.96. The Morgan fingerprint density at radius 3 is 2.88 bits per heavy atom. The molecule has 1 saturated carbocycles. The molecule has 2 heterocycles. The summed E-state index contributed by atoms with van der Waals surface area (Å²) < 4.78 is 2.01. The second-order valence-electron chi connectivity index (χ2n) is 4.67. The molecule has 0 aromatic carbocycles. The fourth-order valence-corrected chi connectivity index (χ4v) is 2.53. The summed E-state index contributed by atoms with van der Waals surface area (Å²) in [6.45, 7) is 1.70. The van der Waals surface area contributed by atoms with E-state index < -0.39 is 0 Å².